The Morgan fingerprint density at radius 2 is 1.67 bits per heavy atom. The normalized spacial score (nSPS) is 16.9. The minimum atomic E-state index is -0.491. The summed E-state index contributed by atoms with van der Waals surface area (Å²) in [6, 6.07) is 20.7. The van der Waals surface area contributed by atoms with Crippen molar-refractivity contribution in [2.24, 2.45) is 0 Å². The lowest BCUT2D eigenvalue weighted by atomic mass is 9.95. The Labute approximate surface area is 191 Å². The average molecular weight is 441 g/mol. The van der Waals surface area contributed by atoms with Crippen molar-refractivity contribution in [3.05, 3.63) is 89.5 Å². The Morgan fingerprint density at radius 1 is 0.970 bits per heavy atom. The van der Waals surface area contributed by atoms with Crippen LogP contribution in [0, 0.1) is 0 Å². The lowest BCUT2D eigenvalue weighted by Gasteiger charge is -2.28. The van der Waals surface area contributed by atoms with Crippen molar-refractivity contribution in [1.82, 2.24) is 4.90 Å². The van der Waals surface area contributed by atoms with Gasteiger partial charge in [-0.1, -0.05) is 24.3 Å². The van der Waals surface area contributed by atoms with Crippen LogP contribution >= 0.6 is 0 Å². The van der Waals surface area contributed by atoms with Crippen LogP contribution in [0.25, 0.3) is 0 Å². The van der Waals surface area contributed by atoms with Crippen molar-refractivity contribution in [3.63, 3.8) is 0 Å². The summed E-state index contributed by atoms with van der Waals surface area (Å²) in [5, 5.41) is 2.83. The highest BCUT2D eigenvalue weighted by molar-refractivity contribution is 6.21. The van der Waals surface area contributed by atoms with Crippen molar-refractivity contribution in [2.75, 3.05) is 16.8 Å². The largest absolute Gasteiger partial charge is 0.494 e. The number of ether oxygens (including phenoxy) is 1. The minimum absolute atomic E-state index is 0.235. The van der Waals surface area contributed by atoms with Gasteiger partial charge in [-0.3, -0.25) is 9.59 Å². The van der Waals surface area contributed by atoms with Gasteiger partial charge in [0.25, 0.3) is 11.8 Å². The fourth-order valence-corrected chi connectivity index (χ4v) is 4.32. The molecular formula is C26H23N3O4. The molecule has 2 aliphatic rings. The van der Waals surface area contributed by atoms with Crippen LogP contribution in [0.15, 0.2) is 72.8 Å². The number of nitrogens with zero attached hydrogens (tertiary/aromatic N) is 2. The minimum Gasteiger partial charge on any atom is -0.494 e. The van der Waals surface area contributed by atoms with E-state index in [1.807, 2.05) is 31.2 Å². The van der Waals surface area contributed by atoms with E-state index < -0.39 is 6.04 Å². The molecule has 0 aliphatic carbocycles. The third kappa shape index (κ3) is 3.82. The first-order chi connectivity index (χ1) is 16.0. The van der Waals surface area contributed by atoms with E-state index in [4.69, 9.17) is 4.74 Å². The van der Waals surface area contributed by atoms with Crippen LogP contribution in [0.2, 0.25) is 0 Å². The SMILES string of the molecule is CCOc1ccc(NC(=O)c2ccc(N3C(=O)[C@H]4Cc5ccccc5CN4C3=O)cc2)cc1. The van der Waals surface area contributed by atoms with Gasteiger partial charge >= 0.3 is 6.03 Å². The molecule has 166 valence electrons. The third-order valence-corrected chi connectivity index (χ3v) is 6.00. The predicted molar refractivity (Wildman–Crippen MR) is 124 cm³/mol. The summed E-state index contributed by atoms with van der Waals surface area (Å²) in [4.78, 5) is 41.6. The molecule has 7 nitrogen and oxygen atoms in total. The van der Waals surface area contributed by atoms with Crippen LogP contribution in [0.3, 0.4) is 0 Å². The summed E-state index contributed by atoms with van der Waals surface area (Å²) in [5.41, 5.74) is 3.70. The molecule has 4 amide bonds. The number of nitrogens with one attached hydrogen (secondary N) is 1. The highest BCUT2D eigenvalue weighted by Gasteiger charge is 2.47. The van der Waals surface area contributed by atoms with Crippen LogP contribution in [-0.4, -0.2) is 35.4 Å². The van der Waals surface area contributed by atoms with E-state index in [2.05, 4.69) is 5.32 Å². The number of carbonyl (C=O) groups is 3. The van der Waals surface area contributed by atoms with Gasteiger partial charge in [0.15, 0.2) is 0 Å². The van der Waals surface area contributed by atoms with Gasteiger partial charge in [-0.05, 0) is 66.6 Å². The molecule has 1 N–H and O–H groups in total. The summed E-state index contributed by atoms with van der Waals surface area (Å²) < 4.78 is 5.41. The van der Waals surface area contributed by atoms with Gasteiger partial charge in [-0.15, -0.1) is 0 Å². The molecular weight excluding hydrogens is 418 g/mol. The number of amides is 4. The predicted octanol–water partition coefficient (Wildman–Crippen LogP) is 4.23. The van der Waals surface area contributed by atoms with Crippen LogP contribution < -0.4 is 15.0 Å². The number of anilines is 2. The van der Waals surface area contributed by atoms with E-state index in [1.165, 1.54) is 4.90 Å². The summed E-state index contributed by atoms with van der Waals surface area (Å²) in [6.07, 6.45) is 0.514. The molecule has 1 atom stereocenters. The number of carbonyl (C=O) groups excluding carboxylic acids is 3. The monoisotopic (exact) mass is 441 g/mol. The van der Waals surface area contributed by atoms with Crippen molar-refractivity contribution in [1.29, 1.82) is 0 Å². The summed E-state index contributed by atoms with van der Waals surface area (Å²) in [5.74, 6) is 0.220. The summed E-state index contributed by atoms with van der Waals surface area (Å²) in [7, 11) is 0. The molecule has 7 heteroatoms. The number of urea groups is 1. The number of rotatable bonds is 5. The molecule has 3 aromatic rings. The molecule has 0 unspecified atom stereocenters. The maximum atomic E-state index is 13.1. The lowest BCUT2D eigenvalue weighted by Crippen LogP contribution is -2.39. The fraction of sp³-hybridized carbons (Fsp3) is 0.192. The molecule has 0 bridgehead atoms. The first-order valence-electron chi connectivity index (χ1n) is 10.9. The number of benzene rings is 3. The van der Waals surface area contributed by atoms with Gasteiger partial charge in [-0.25, -0.2) is 9.69 Å². The zero-order valence-electron chi connectivity index (χ0n) is 18.2. The Balaban J connectivity index is 1.30. The Morgan fingerprint density at radius 3 is 2.36 bits per heavy atom. The fourth-order valence-electron chi connectivity index (χ4n) is 4.32. The first-order valence-corrected chi connectivity index (χ1v) is 10.9. The van der Waals surface area contributed by atoms with E-state index in [0.29, 0.717) is 36.5 Å². The standard InChI is InChI=1S/C26H23N3O4/c1-2-33-22-13-9-20(10-14-22)27-24(30)17-7-11-21(12-8-17)29-25(31)23-15-18-5-3-4-6-19(18)16-28(23)26(29)32/h3-14,23H,2,15-16H2,1H3,(H,27,30)/t23-/m1/s1. The summed E-state index contributed by atoms with van der Waals surface area (Å²) >= 11 is 0. The van der Waals surface area contributed by atoms with E-state index in [1.54, 1.807) is 53.4 Å². The zero-order valence-corrected chi connectivity index (χ0v) is 18.2. The highest BCUT2D eigenvalue weighted by Crippen LogP contribution is 2.33. The number of imide groups is 1. The number of hydrogen-bond donors (Lipinski definition) is 1. The molecule has 5 rings (SSSR count). The molecule has 2 heterocycles. The molecule has 33 heavy (non-hydrogen) atoms. The van der Waals surface area contributed by atoms with Crippen LogP contribution in [-0.2, 0) is 17.8 Å². The molecule has 2 aliphatic heterocycles. The Bertz CT molecular complexity index is 1180. The maximum Gasteiger partial charge on any atom is 0.332 e. The van der Waals surface area contributed by atoms with Crippen molar-refractivity contribution < 1.29 is 19.1 Å². The van der Waals surface area contributed by atoms with Crippen LogP contribution in [0.4, 0.5) is 16.2 Å². The van der Waals surface area contributed by atoms with Gasteiger partial charge in [0.2, 0.25) is 0 Å². The smallest absolute Gasteiger partial charge is 0.332 e. The van der Waals surface area contributed by atoms with Crippen molar-refractivity contribution >= 4 is 29.2 Å². The topological polar surface area (TPSA) is 79.0 Å². The van der Waals surface area contributed by atoms with E-state index in [9.17, 15) is 14.4 Å². The average Bonchev–Trinajstić information content (AvgIpc) is 3.08. The molecule has 3 aromatic carbocycles. The van der Waals surface area contributed by atoms with E-state index in [-0.39, 0.29) is 17.8 Å². The molecule has 0 spiro atoms. The van der Waals surface area contributed by atoms with Gasteiger partial charge in [0.1, 0.15) is 11.8 Å². The number of hydrogen-bond acceptors (Lipinski definition) is 4. The molecule has 1 saturated heterocycles. The van der Waals surface area contributed by atoms with E-state index >= 15 is 0 Å². The van der Waals surface area contributed by atoms with Gasteiger partial charge in [0, 0.05) is 24.2 Å². The van der Waals surface area contributed by atoms with Crippen LogP contribution in [0.1, 0.15) is 28.4 Å². The second-order valence-electron chi connectivity index (χ2n) is 8.03. The van der Waals surface area contributed by atoms with E-state index in [0.717, 1.165) is 16.9 Å². The number of fused-ring (bicyclic) bond motifs is 2. The van der Waals surface area contributed by atoms with Gasteiger partial charge in [0.05, 0.1) is 12.3 Å². The second-order valence-corrected chi connectivity index (χ2v) is 8.03. The maximum absolute atomic E-state index is 13.1. The Kier molecular flexibility index (Phi) is 5.30. The highest BCUT2D eigenvalue weighted by atomic mass is 16.5. The molecule has 0 aromatic heterocycles. The summed E-state index contributed by atoms with van der Waals surface area (Å²) in [6.45, 7) is 2.91. The van der Waals surface area contributed by atoms with Gasteiger partial charge in [-0.2, -0.15) is 0 Å². The first kappa shape index (κ1) is 20.8. The molecule has 1 fully saturated rings. The second kappa shape index (κ2) is 8.43. The lowest BCUT2D eigenvalue weighted by molar-refractivity contribution is -0.120. The van der Waals surface area contributed by atoms with Crippen LogP contribution in [0.5, 0.6) is 5.75 Å². The zero-order chi connectivity index (χ0) is 22.9. The molecule has 0 radical (unpaired) electrons. The van der Waals surface area contributed by atoms with Crippen molar-refractivity contribution in [3.8, 4) is 5.75 Å². The third-order valence-electron chi connectivity index (χ3n) is 6.00. The Hall–Kier alpha value is -4.13. The van der Waals surface area contributed by atoms with Gasteiger partial charge < -0.3 is 15.0 Å². The van der Waals surface area contributed by atoms with Crippen molar-refractivity contribution in [2.45, 2.75) is 25.9 Å². The molecule has 0 saturated carbocycles. The quantitative estimate of drug-likeness (QED) is 0.601.